The zero-order valence-electron chi connectivity index (χ0n) is 22.8. The predicted octanol–water partition coefficient (Wildman–Crippen LogP) is -0.869. The number of carbonyl (C=O) groups is 2. The third-order valence-corrected chi connectivity index (χ3v) is 6.82. The highest BCUT2D eigenvalue weighted by Gasteiger charge is 2.50. The van der Waals surface area contributed by atoms with Gasteiger partial charge in [0.1, 0.15) is 42.7 Å². The van der Waals surface area contributed by atoms with Gasteiger partial charge in [0, 0.05) is 12.2 Å². The van der Waals surface area contributed by atoms with Crippen molar-refractivity contribution in [3.05, 3.63) is 83.9 Å². The van der Waals surface area contributed by atoms with Gasteiger partial charge < -0.3 is 54.3 Å². The molecule has 10 atom stereocenters. The van der Waals surface area contributed by atoms with Crippen LogP contribution in [-0.4, -0.2) is 117 Å². The highest BCUT2D eigenvalue weighted by molar-refractivity contribution is 5.87. The van der Waals surface area contributed by atoms with E-state index in [1.165, 1.54) is 12.2 Å². The number of aliphatic hydroxyl groups is 6. The largest absolute Gasteiger partial charge is 0.453 e. The molecule has 2 aliphatic rings. The van der Waals surface area contributed by atoms with Gasteiger partial charge >= 0.3 is 11.9 Å². The van der Waals surface area contributed by atoms with Gasteiger partial charge in [-0.05, 0) is 23.3 Å². The molecule has 232 valence electrons. The summed E-state index contributed by atoms with van der Waals surface area (Å²) in [6, 6.07) is 17.7. The van der Waals surface area contributed by atoms with Crippen LogP contribution in [0.1, 0.15) is 11.1 Å². The summed E-state index contributed by atoms with van der Waals surface area (Å²) in [6.45, 7) is -1.28. The summed E-state index contributed by atoms with van der Waals surface area (Å²) < 4.78 is 27.1. The summed E-state index contributed by atoms with van der Waals surface area (Å²) in [5.74, 6) is -1.81. The predicted molar refractivity (Wildman–Crippen MR) is 147 cm³/mol. The second kappa shape index (κ2) is 15.3. The first-order chi connectivity index (χ1) is 20.7. The number of aliphatic hydroxyl groups excluding tert-OH is 6. The molecule has 2 heterocycles. The lowest BCUT2D eigenvalue weighted by atomic mass is 9.98. The second-order valence-corrected chi connectivity index (χ2v) is 9.88. The van der Waals surface area contributed by atoms with Gasteiger partial charge in [-0.3, -0.25) is 0 Å². The minimum Gasteiger partial charge on any atom is -0.453 e. The molecule has 2 aromatic carbocycles. The van der Waals surface area contributed by atoms with E-state index in [0.29, 0.717) is 11.1 Å². The van der Waals surface area contributed by atoms with Crippen molar-refractivity contribution in [2.45, 2.75) is 61.4 Å². The first-order valence-electron chi connectivity index (χ1n) is 13.5. The van der Waals surface area contributed by atoms with Crippen LogP contribution >= 0.6 is 0 Å². The van der Waals surface area contributed by atoms with E-state index in [9.17, 15) is 40.2 Å². The summed E-state index contributed by atoms with van der Waals surface area (Å²) in [6.07, 6.45) is -11.1. The maximum absolute atomic E-state index is 12.6. The van der Waals surface area contributed by atoms with Gasteiger partial charge in [-0.1, -0.05) is 60.7 Å². The van der Waals surface area contributed by atoms with Crippen LogP contribution < -0.4 is 0 Å². The Hall–Kier alpha value is -3.50. The van der Waals surface area contributed by atoms with Crippen LogP contribution in [0.4, 0.5) is 0 Å². The summed E-state index contributed by atoms with van der Waals surface area (Å²) in [5, 5.41) is 61.4. The zero-order valence-corrected chi connectivity index (χ0v) is 22.8. The van der Waals surface area contributed by atoms with Crippen molar-refractivity contribution < 1.29 is 63.9 Å². The summed E-state index contributed by atoms with van der Waals surface area (Å²) in [7, 11) is 0. The van der Waals surface area contributed by atoms with E-state index in [2.05, 4.69) is 0 Å². The molecule has 13 heteroatoms. The van der Waals surface area contributed by atoms with E-state index in [1.54, 1.807) is 60.7 Å². The van der Waals surface area contributed by atoms with E-state index in [0.717, 1.165) is 12.2 Å². The van der Waals surface area contributed by atoms with Gasteiger partial charge in [0.05, 0.1) is 13.2 Å². The molecule has 0 bridgehead atoms. The smallest absolute Gasteiger partial charge is 0.333 e. The topological polar surface area (TPSA) is 202 Å². The lowest BCUT2D eigenvalue weighted by molar-refractivity contribution is -0.327. The lowest BCUT2D eigenvalue weighted by Gasteiger charge is -2.43. The quantitative estimate of drug-likeness (QED) is 0.145. The molecule has 6 N–H and O–H groups in total. The molecule has 0 aromatic heterocycles. The Kier molecular flexibility index (Phi) is 11.5. The first-order valence-corrected chi connectivity index (χ1v) is 13.5. The lowest BCUT2D eigenvalue weighted by Crippen LogP contribution is -2.62. The highest BCUT2D eigenvalue weighted by Crippen LogP contribution is 2.28. The molecule has 0 spiro atoms. The third-order valence-electron chi connectivity index (χ3n) is 6.82. The molecule has 0 aliphatic carbocycles. The second-order valence-electron chi connectivity index (χ2n) is 9.88. The molecule has 2 fully saturated rings. The molecule has 2 aromatic rings. The molecule has 13 nitrogen and oxygen atoms in total. The average Bonchev–Trinajstić information content (AvgIpc) is 3.02. The molecular weight excluding hydrogens is 568 g/mol. The van der Waals surface area contributed by atoms with Crippen molar-refractivity contribution >= 4 is 24.1 Å². The van der Waals surface area contributed by atoms with Crippen LogP contribution in [0.15, 0.2) is 72.8 Å². The Balaban J connectivity index is 1.48. The molecule has 0 radical (unpaired) electrons. The Morgan fingerprint density at radius 2 is 1.16 bits per heavy atom. The van der Waals surface area contributed by atoms with Crippen molar-refractivity contribution in [1.82, 2.24) is 0 Å². The van der Waals surface area contributed by atoms with Gasteiger partial charge in [-0.15, -0.1) is 0 Å². The molecule has 0 unspecified atom stereocenters. The van der Waals surface area contributed by atoms with Crippen LogP contribution in [0.2, 0.25) is 0 Å². The third kappa shape index (κ3) is 8.54. The minimum atomic E-state index is -1.84. The Bertz CT molecular complexity index is 1240. The number of hydrogen-bond donors (Lipinski definition) is 6. The Morgan fingerprint density at radius 3 is 1.72 bits per heavy atom. The standard InChI is InChI=1S/C30H34O13/c31-15-19-23(34)24(35)26(37)29(40-19)39-16-20-28(42-21(32)13-11-17-7-3-1-4-8-17)25(36)27(38)30(41-20)43-22(33)14-12-18-9-5-2-6-10-18/h1-14,19-20,23-31,34-38H,15-16H2/b13-11+,14-12+/t19-,20-,23-,24+,25-,26-,27-,28-,29-,30+/m1/s1. The maximum Gasteiger partial charge on any atom is 0.333 e. The Morgan fingerprint density at radius 1 is 0.651 bits per heavy atom. The van der Waals surface area contributed by atoms with Crippen LogP contribution in [0, 0.1) is 0 Å². The molecule has 0 amide bonds. The monoisotopic (exact) mass is 602 g/mol. The fourth-order valence-electron chi connectivity index (χ4n) is 4.46. The Labute approximate surface area is 246 Å². The summed E-state index contributed by atoms with van der Waals surface area (Å²) in [4.78, 5) is 25.1. The number of carbonyl (C=O) groups excluding carboxylic acids is 2. The average molecular weight is 603 g/mol. The van der Waals surface area contributed by atoms with Gasteiger partial charge in [-0.2, -0.15) is 0 Å². The molecule has 4 rings (SSSR count). The van der Waals surface area contributed by atoms with Crippen molar-refractivity contribution in [3.63, 3.8) is 0 Å². The number of esters is 2. The summed E-state index contributed by atoms with van der Waals surface area (Å²) >= 11 is 0. The van der Waals surface area contributed by atoms with Gasteiger partial charge in [0.25, 0.3) is 0 Å². The van der Waals surface area contributed by atoms with Crippen molar-refractivity contribution in [2.75, 3.05) is 13.2 Å². The van der Waals surface area contributed by atoms with E-state index in [4.69, 9.17) is 23.7 Å². The van der Waals surface area contributed by atoms with E-state index in [-0.39, 0.29) is 0 Å². The number of benzene rings is 2. The molecule has 2 saturated heterocycles. The van der Waals surface area contributed by atoms with Crippen LogP contribution in [0.25, 0.3) is 12.2 Å². The fraction of sp³-hybridized carbons (Fsp3) is 0.400. The van der Waals surface area contributed by atoms with Crippen LogP contribution in [0.5, 0.6) is 0 Å². The first kappa shape index (κ1) is 32.4. The van der Waals surface area contributed by atoms with Crippen LogP contribution in [-0.2, 0) is 33.3 Å². The highest BCUT2D eigenvalue weighted by atomic mass is 16.7. The molecule has 0 saturated carbocycles. The van der Waals surface area contributed by atoms with E-state index >= 15 is 0 Å². The van der Waals surface area contributed by atoms with Crippen LogP contribution in [0.3, 0.4) is 0 Å². The van der Waals surface area contributed by atoms with Gasteiger partial charge in [0.2, 0.25) is 6.29 Å². The zero-order chi connectivity index (χ0) is 30.9. The van der Waals surface area contributed by atoms with Crippen molar-refractivity contribution in [3.8, 4) is 0 Å². The normalized spacial score (nSPS) is 33.0. The summed E-state index contributed by atoms with van der Waals surface area (Å²) in [5.41, 5.74) is 1.39. The number of hydrogen-bond acceptors (Lipinski definition) is 13. The molecule has 2 aliphatic heterocycles. The van der Waals surface area contributed by atoms with Crippen molar-refractivity contribution in [2.24, 2.45) is 0 Å². The van der Waals surface area contributed by atoms with E-state index < -0.39 is 86.6 Å². The SMILES string of the molecule is O=C(/C=C/c1ccccc1)O[C@@H]1O[C@H](CO[C@@H]2O[C@H](CO)[C@@H](O)[C@H](O)[C@H]2O)[C@@H](OC(=O)/C=C/c2ccccc2)[C@H](O)[C@H]1O. The van der Waals surface area contributed by atoms with E-state index in [1.807, 2.05) is 0 Å². The number of ether oxygens (including phenoxy) is 5. The number of rotatable bonds is 10. The molecular formula is C30H34O13. The van der Waals surface area contributed by atoms with Gasteiger partial charge in [0.15, 0.2) is 12.4 Å². The van der Waals surface area contributed by atoms with Gasteiger partial charge in [-0.25, -0.2) is 9.59 Å². The maximum atomic E-state index is 12.6. The van der Waals surface area contributed by atoms with Crippen molar-refractivity contribution in [1.29, 1.82) is 0 Å². The molecule has 43 heavy (non-hydrogen) atoms. The minimum absolute atomic E-state index is 0.583. The fourth-order valence-corrected chi connectivity index (χ4v) is 4.46.